The summed E-state index contributed by atoms with van der Waals surface area (Å²) in [7, 11) is 0. The molecule has 0 N–H and O–H groups in total. The molecule has 126 valence electrons. The molecule has 2 aromatic rings. The quantitative estimate of drug-likeness (QED) is 0.546. The Morgan fingerprint density at radius 3 is 1.54 bits per heavy atom. The van der Waals surface area contributed by atoms with Gasteiger partial charge in [0.25, 0.3) is 0 Å². The van der Waals surface area contributed by atoms with Crippen molar-refractivity contribution in [3.05, 3.63) is 59.7 Å². The van der Waals surface area contributed by atoms with E-state index in [-0.39, 0.29) is 0 Å². The molecule has 0 saturated carbocycles. The summed E-state index contributed by atoms with van der Waals surface area (Å²) in [6.07, 6.45) is 0. The molecule has 0 heterocycles. The highest BCUT2D eigenvalue weighted by Crippen LogP contribution is 2.16. The molecule has 4 nitrogen and oxygen atoms in total. The molecule has 0 radical (unpaired) electrons. The molecule has 2 rings (SSSR count). The first-order valence-electron chi connectivity index (χ1n) is 8.19. The van der Waals surface area contributed by atoms with Crippen LogP contribution in [0.2, 0.25) is 0 Å². The number of hydrogen-bond acceptors (Lipinski definition) is 4. The van der Waals surface area contributed by atoms with Crippen LogP contribution >= 0.6 is 0 Å². The molecule has 4 heteroatoms. The Morgan fingerprint density at radius 1 is 0.750 bits per heavy atom. The third-order valence-electron chi connectivity index (χ3n) is 3.48. The molecule has 0 aliphatic rings. The minimum absolute atomic E-state index is 0.646. The van der Waals surface area contributed by atoms with Gasteiger partial charge in [-0.1, -0.05) is 24.3 Å². The molecule has 24 heavy (non-hydrogen) atoms. The fourth-order valence-corrected chi connectivity index (χ4v) is 2.22. The molecule has 0 aliphatic carbocycles. The van der Waals surface area contributed by atoms with E-state index in [1.54, 1.807) is 0 Å². The maximum Gasteiger partial charge on any atom is 0.119 e. The standard InChI is InChI=1S/C20H24N2O2/c1-5-23-19-11-7-9-17(13-19)15(3)21-22-16(4)18-10-8-12-20(14-18)24-6-2/h7-14H,5-6H2,1-4H3. The maximum absolute atomic E-state index is 5.52. The van der Waals surface area contributed by atoms with Crippen molar-refractivity contribution in [3.63, 3.8) is 0 Å². The van der Waals surface area contributed by atoms with Crippen LogP contribution in [0.1, 0.15) is 38.8 Å². The predicted molar refractivity (Wildman–Crippen MR) is 99.6 cm³/mol. The Hall–Kier alpha value is -2.62. The van der Waals surface area contributed by atoms with Gasteiger partial charge >= 0.3 is 0 Å². The van der Waals surface area contributed by atoms with Crippen molar-refractivity contribution in [1.82, 2.24) is 0 Å². The van der Waals surface area contributed by atoms with Crippen LogP contribution in [-0.2, 0) is 0 Å². The second-order valence-electron chi connectivity index (χ2n) is 5.29. The Labute approximate surface area is 143 Å². The molecule has 0 amide bonds. The van der Waals surface area contributed by atoms with E-state index in [0.29, 0.717) is 13.2 Å². The third-order valence-corrected chi connectivity index (χ3v) is 3.48. The maximum atomic E-state index is 5.52. The number of benzene rings is 2. The molecule has 0 saturated heterocycles. The fraction of sp³-hybridized carbons (Fsp3) is 0.300. The molecule has 0 fully saturated rings. The van der Waals surface area contributed by atoms with Gasteiger partial charge in [-0.3, -0.25) is 0 Å². The largest absolute Gasteiger partial charge is 0.494 e. The Kier molecular flexibility index (Phi) is 6.55. The normalized spacial score (nSPS) is 12.2. The first-order valence-corrected chi connectivity index (χ1v) is 8.19. The van der Waals surface area contributed by atoms with Gasteiger partial charge in [0.1, 0.15) is 11.5 Å². The molecule has 0 aliphatic heterocycles. The zero-order valence-corrected chi connectivity index (χ0v) is 14.7. The molecule has 0 spiro atoms. The van der Waals surface area contributed by atoms with Crippen molar-refractivity contribution in [2.75, 3.05) is 13.2 Å². The van der Waals surface area contributed by atoms with Gasteiger partial charge in [-0.15, -0.1) is 0 Å². The van der Waals surface area contributed by atoms with Crippen LogP contribution in [0.3, 0.4) is 0 Å². The summed E-state index contributed by atoms with van der Waals surface area (Å²) in [6, 6.07) is 15.8. The van der Waals surface area contributed by atoms with Crippen molar-refractivity contribution < 1.29 is 9.47 Å². The van der Waals surface area contributed by atoms with E-state index in [2.05, 4.69) is 10.2 Å². The van der Waals surface area contributed by atoms with E-state index >= 15 is 0 Å². The first-order chi connectivity index (χ1) is 11.6. The van der Waals surface area contributed by atoms with Crippen LogP contribution in [-0.4, -0.2) is 24.6 Å². The van der Waals surface area contributed by atoms with Crippen LogP contribution in [0.15, 0.2) is 58.7 Å². The molecule has 0 aromatic heterocycles. The highest BCUT2D eigenvalue weighted by molar-refractivity contribution is 6.02. The number of rotatable bonds is 7. The summed E-state index contributed by atoms with van der Waals surface area (Å²) in [5.41, 5.74) is 3.69. The zero-order valence-electron chi connectivity index (χ0n) is 14.7. The molecular weight excluding hydrogens is 300 g/mol. The second kappa shape index (κ2) is 8.87. The number of hydrogen-bond donors (Lipinski definition) is 0. The lowest BCUT2D eigenvalue weighted by Crippen LogP contribution is -1.99. The molecule has 0 atom stereocenters. The summed E-state index contributed by atoms with van der Waals surface area (Å²) >= 11 is 0. The third kappa shape index (κ3) is 4.95. The average molecular weight is 324 g/mol. The molecule has 0 unspecified atom stereocenters. The van der Waals surface area contributed by atoms with E-state index in [1.807, 2.05) is 76.2 Å². The van der Waals surface area contributed by atoms with Crippen molar-refractivity contribution in [2.24, 2.45) is 10.2 Å². The molecular formula is C20H24N2O2. The van der Waals surface area contributed by atoms with Gasteiger partial charge < -0.3 is 9.47 Å². The van der Waals surface area contributed by atoms with Gasteiger partial charge in [0.2, 0.25) is 0 Å². The zero-order chi connectivity index (χ0) is 17.4. The van der Waals surface area contributed by atoms with Gasteiger partial charge in [0.05, 0.1) is 24.6 Å². The highest BCUT2D eigenvalue weighted by Gasteiger charge is 2.02. The van der Waals surface area contributed by atoms with Crippen LogP contribution < -0.4 is 9.47 Å². The SMILES string of the molecule is CCOc1cccc(C(C)=NN=C(C)c2cccc(OCC)c2)c1. The van der Waals surface area contributed by atoms with Crippen LogP contribution in [0, 0.1) is 0 Å². The van der Waals surface area contributed by atoms with Gasteiger partial charge in [-0.2, -0.15) is 10.2 Å². The fourth-order valence-electron chi connectivity index (χ4n) is 2.22. The number of nitrogens with zero attached hydrogens (tertiary/aromatic N) is 2. The summed E-state index contributed by atoms with van der Waals surface area (Å²) in [4.78, 5) is 0. The van der Waals surface area contributed by atoms with Gasteiger partial charge in [-0.05, 0) is 52.0 Å². The molecule has 0 bridgehead atoms. The summed E-state index contributed by atoms with van der Waals surface area (Å²) < 4.78 is 11.0. The van der Waals surface area contributed by atoms with Crippen molar-refractivity contribution in [2.45, 2.75) is 27.7 Å². The Bertz CT molecular complexity index is 672. The predicted octanol–water partition coefficient (Wildman–Crippen LogP) is 4.72. The minimum atomic E-state index is 0.646. The van der Waals surface area contributed by atoms with Gasteiger partial charge in [-0.25, -0.2) is 0 Å². The van der Waals surface area contributed by atoms with Gasteiger partial charge in [0.15, 0.2) is 0 Å². The van der Waals surface area contributed by atoms with Crippen LogP contribution in [0.4, 0.5) is 0 Å². The Morgan fingerprint density at radius 2 is 1.17 bits per heavy atom. The lowest BCUT2D eigenvalue weighted by Gasteiger charge is -2.06. The van der Waals surface area contributed by atoms with E-state index < -0.39 is 0 Å². The smallest absolute Gasteiger partial charge is 0.119 e. The average Bonchev–Trinajstić information content (AvgIpc) is 2.60. The summed E-state index contributed by atoms with van der Waals surface area (Å²) in [5.74, 6) is 1.68. The highest BCUT2D eigenvalue weighted by atomic mass is 16.5. The Balaban J connectivity index is 2.19. The lowest BCUT2D eigenvalue weighted by atomic mass is 10.1. The minimum Gasteiger partial charge on any atom is -0.494 e. The molecule has 2 aromatic carbocycles. The van der Waals surface area contributed by atoms with Crippen molar-refractivity contribution >= 4 is 11.4 Å². The summed E-state index contributed by atoms with van der Waals surface area (Å²) in [5, 5.41) is 8.71. The monoisotopic (exact) mass is 324 g/mol. The van der Waals surface area contributed by atoms with Crippen LogP contribution in [0.5, 0.6) is 11.5 Å². The van der Waals surface area contributed by atoms with E-state index in [0.717, 1.165) is 34.0 Å². The van der Waals surface area contributed by atoms with Crippen molar-refractivity contribution in [3.8, 4) is 11.5 Å². The van der Waals surface area contributed by atoms with Crippen molar-refractivity contribution in [1.29, 1.82) is 0 Å². The number of ether oxygens (including phenoxy) is 2. The second-order valence-corrected chi connectivity index (χ2v) is 5.29. The van der Waals surface area contributed by atoms with Gasteiger partial charge in [0, 0.05) is 11.1 Å². The van der Waals surface area contributed by atoms with E-state index in [1.165, 1.54) is 0 Å². The van der Waals surface area contributed by atoms with E-state index in [4.69, 9.17) is 9.47 Å². The summed E-state index contributed by atoms with van der Waals surface area (Å²) in [6.45, 7) is 9.12. The van der Waals surface area contributed by atoms with E-state index in [9.17, 15) is 0 Å². The lowest BCUT2D eigenvalue weighted by molar-refractivity contribution is 0.340. The van der Waals surface area contributed by atoms with Crippen LogP contribution in [0.25, 0.3) is 0 Å². The first kappa shape index (κ1) is 17.7. The topological polar surface area (TPSA) is 43.2 Å².